The molecule has 1 unspecified atom stereocenters. The number of hydrogen-bond donors (Lipinski definition) is 3. The number of aryl methyl sites for hydroxylation is 1. The Morgan fingerprint density at radius 1 is 1.62 bits per heavy atom. The molecule has 0 spiro atoms. The van der Waals surface area contributed by atoms with Crippen LogP contribution in [-0.4, -0.2) is 29.7 Å². The highest BCUT2D eigenvalue weighted by Crippen LogP contribution is 2.08. The van der Waals surface area contributed by atoms with Crippen LogP contribution in [-0.2, 0) is 11.2 Å². The second-order valence-electron chi connectivity index (χ2n) is 3.98. The summed E-state index contributed by atoms with van der Waals surface area (Å²) in [7, 11) is 1.83. The van der Waals surface area contributed by atoms with E-state index in [2.05, 4.69) is 27.8 Å². The zero-order chi connectivity index (χ0) is 12.0. The molecule has 0 bridgehead atoms. The van der Waals surface area contributed by atoms with Gasteiger partial charge in [-0.2, -0.15) is 5.10 Å². The molecule has 1 aromatic rings. The third kappa shape index (κ3) is 3.66. The van der Waals surface area contributed by atoms with Gasteiger partial charge in [-0.05, 0) is 13.5 Å². The van der Waals surface area contributed by atoms with Gasteiger partial charge in [0.1, 0.15) is 0 Å². The van der Waals surface area contributed by atoms with Crippen LogP contribution in [0.2, 0.25) is 0 Å². The summed E-state index contributed by atoms with van der Waals surface area (Å²) in [4.78, 5) is 11.7. The van der Waals surface area contributed by atoms with Crippen LogP contribution in [0.25, 0.3) is 0 Å². The zero-order valence-electron chi connectivity index (χ0n) is 10.1. The van der Waals surface area contributed by atoms with Crippen LogP contribution in [0, 0.1) is 5.92 Å². The van der Waals surface area contributed by atoms with E-state index in [1.54, 1.807) is 0 Å². The molecule has 90 valence electrons. The summed E-state index contributed by atoms with van der Waals surface area (Å²) in [6.07, 6.45) is 2.01. The number of hydrogen-bond acceptors (Lipinski definition) is 3. The molecule has 1 rings (SSSR count). The molecule has 1 aromatic heterocycles. The van der Waals surface area contributed by atoms with Gasteiger partial charge in [0.15, 0.2) is 5.82 Å². The number of nitrogens with zero attached hydrogens (tertiary/aromatic N) is 1. The average molecular weight is 224 g/mol. The molecule has 0 aromatic carbocycles. The van der Waals surface area contributed by atoms with Gasteiger partial charge in [0, 0.05) is 24.2 Å². The van der Waals surface area contributed by atoms with Crippen LogP contribution in [0.5, 0.6) is 0 Å². The lowest BCUT2D eigenvalue weighted by Gasteiger charge is -2.09. The number of carbonyl (C=O) groups is 1. The van der Waals surface area contributed by atoms with Crippen molar-refractivity contribution in [2.75, 3.05) is 18.9 Å². The number of amides is 1. The lowest BCUT2D eigenvalue weighted by molar-refractivity contribution is -0.119. The Labute approximate surface area is 96.0 Å². The molecule has 0 saturated carbocycles. The zero-order valence-corrected chi connectivity index (χ0v) is 10.1. The number of H-pyrrole nitrogens is 1. The minimum atomic E-state index is -0.0590. The van der Waals surface area contributed by atoms with Crippen LogP contribution >= 0.6 is 0 Å². The smallest absolute Gasteiger partial charge is 0.229 e. The number of carbonyl (C=O) groups excluding carboxylic acids is 1. The Kier molecular flexibility index (Phi) is 4.98. The van der Waals surface area contributed by atoms with Crippen molar-refractivity contribution >= 4 is 11.7 Å². The predicted molar refractivity (Wildman–Crippen MR) is 64.3 cm³/mol. The lowest BCUT2D eigenvalue weighted by atomic mass is 10.1. The molecule has 1 amide bonds. The first-order chi connectivity index (χ1) is 7.67. The fourth-order valence-electron chi connectivity index (χ4n) is 1.47. The number of aromatic amines is 1. The molecule has 0 radical (unpaired) electrons. The summed E-state index contributed by atoms with van der Waals surface area (Å²) < 4.78 is 0. The molecule has 1 heterocycles. The van der Waals surface area contributed by atoms with Crippen LogP contribution < -0.4 is 10.6 Å². The van der Waals surface area contributed by atoms with Gasteiger partial charge in [0.25, 0.3) is 0 Å². The van der Waals surface area contributed by atoms with E-state index < -0.39 is 0 Å². The fourth-order valence-corrected chi connectivity index (χ4v) is 1.47. The van der Waals surface area contributed by atoms with E-state index in [1.807, 2.05) is 20.0 Å². The molecule has 0 aliphatic heterocycles. The monoisotopic (exact) mass is 224 g/mol. The van der Waals surface area contributed by atoms with Crippen molar-refractivity contribution in [1.82, 2.24) is 15.5 Å². The topological polar surface area (TPSA) is 69.8 Å². The maximum atomic E-state index is 11.7. The van der Waals surface area contributed by atoms with Gasteiger partial charge in [0.2, 0.25) is 5.91 Å². The summed E-state index contributed by atoms with van der Waals surface area (Å²) in [5, 5.41) is 12.7. The van der Waals surface area contributed by atoms with Gasteiger partial charge >= 0.3 is 0 Å². The summed E-state index contributed by atoms with van der Waals surface area (Å²) >= 11 is 0. The third-order valence-corrected chi connectivity index (χ3v) is 2.36. The second-order valence-corrected chi connectivity index (χ2v) is 3.98. The Morgan fingerprint density at radius 3 is 3.00 bits per heavy atom. The molecule has 0 fully saturated rings. The first-order valence-corrected chi connectivity index (χ1v) is 5.67. The van der Waals surface area contributed by atoms with Crippen molar-refractivity contribution in [3.8, 4) is 0 Å². The number of rotatable bonds is 6. The Bertz CT molecular complexity index is 334. The largest absolute Gasteiger partial charge is 0.319 e. The van der Waals surface area contributed by atoms with Crippen LogP contribution in [0.1, 0.15) is 26.0 Å². The third-order valence-electron chi connectivity index (χ3n) is 2.36. The normalized spacial score (nSPS) is 12.4. The molecular formula is C11H20N4O. The predicted octanol–water partition coefficient (Wildman–Crippen LogP) is 1.16. The number of anilines is 1. The van der Waals surface area contributed by atoms with Crippen molar-refractivity contribution in [3.05, 3.63) is 11.8 Å². The molecule has 3 N–H and O–H groups in total. The molecule has 0 aliphatic carbocycles. The molecule has 5 heteroatoms. The molecule has 1 atom stereocenters. The SMILES string of the molecule is CCCc1cc(NC(=O)C(C)CNC)n[nH]1. The van der Waals surface area contributed by atoms with E-state index in [1.165, 1.54) is 0 Å². The van der Waals surface area contributed by atoms with Gasteiger partial charge in [-0.1, -0.05) is 20.3 Å². The quantitative estimate of drug-likeness (QED) is 0.679. The van der Waals surface area contributed by atoms with Crippen molar-refractivity contribution in [2.45, 2.75) is 26.7 Å². The minimum absolute atomic E-state index is 0.0103. The summed E-state index contributed by atoms with van der Waals surface area (Å²) in [6.45, 7) is 4.65. The number of aromatic nitrogens is 2. The highest BCUT2D eigenvalue weighted by atomic mass is 16.1. The highest BCUT2D eigenvalue weighted by Gasteiger charge is 2.13. The molecule has 16 heavy (non-hydrogen) atoms. The maximum Gasteiger partial charge on any atom is 0.229 e. The Balaban J connectivity index is 2.49. The lowest BCUT2D eigenvalue weighted by Crippen LogP contribution is -2.28. The van der Waals surface area contributed by atoms with Crippen LogP contribution in [0.4, 0.5) is 5.82 Å². The Morgan fingerprint density at radius 2 is 2.38 bits per heavy atom. The molecule has 5 nitrogen and oxygen atoms in total. The standard InChI is InChI=1S/C11H20N4O/c1-4-5-9-6-10(15-14-9)13-11(16)8(2)7-12-3/h6,8,12H,4-5,7H2,1-3H3,(H2,13,14,15,16). The van der Waals surface area contributed by atoms with E-state index in [-0.39, 0.29) is 11.8 Å². The van der Waals surface area contributed by atoms with Crippen molar-refractivity contribution in [2.24, 2.45) is 5.92 Å². The van der Waals surface area contributed by atoms with Crippen molar-refractivity contribution < 1.29 is 4.79 Å². The van der Waals surface area contributed by atoms with Gasteiger partial charge in [-0.25, -0.2) is 0 Å². The fraction of sp³-hybridized carbons (Fsp3) is 0.636. The average Bonchev–Trinajstić information content (AvgIpc) is 2.66. The van der Waals surface area contributed by atoms with Gasteiger partial charge < -0.3 is 10.6 Å². The first-order valence-electron chi connectivity index (χ1n) is 5.67. The summed E-state index contributed by atoms with van der Waals surface area (Å²) in [6, 6.07) is 1.88. The minimum Gasteiger partial charge on any atom is -0.319 e. The van der Waals surface area contributed by atoms with E-state index in [0.29, 0.717) is 12.4 Å². The van der Waals surface area contributed by atoms with E-state index in [0.717, 1.165) is 18.5 Å². The number of nitrogens with one attached hydrogen (secondary N) is 3. The van der Waals surface area contributed by atoms with Crippen LogP contribution in [0.3, 0.4) is 0 Å². The van der Waals surface area contributed by atoms with Gasteiger partial charge in [-0.3, -0.25) is 9.89 Å². The van der Waals surface area contributed by atoms with Crippen molar-refractivity contribution in [1.29, 1.82) is 0 Å². The van der Waals surface area contributed by atoms with E-state index in [4.69, 9.17) is 0 Å². The van der Waals surface area contributed by atoms with Crippen LogP contribution in [0.15, 0.2) is 6.07 Å². The van der Waals surface area contributed by atoms with E-state index >= 15 is 0 Å². The highest BCUT2D eigenvalue weighted by molar-refractivity contribution is 5.91. The van der Waals surface area contributed by atoms with E-state index in [9.17, 15) is 4.79 Å². The maximum absolute atomic E-state index is 11.7. The molecule has 0 saturated heterocycles. The molecule has 0 aliphatic rings. The Hall–Kier alpha value is -1.36. The van der Waals surface area contributed by atoms with Gasteiger partial charge in [-0.15, -0.1) is 0 Å². The second kappa shape index (κ2) is 6.27. The summed E-state index contributed by atoms with van der Waals surface area (Å²) in [5.41, 5.74) is 1.05. The van der Waals surface area contributed by atoms with Crippen molar-refractivity contribution in [3.63, 3.8) is 0 Å². The van der Waals surface area contributed by atoms with Gasteiger partial charge in [0.05, 0.1) is 0 Å². The summed E-state index contributed by atoms with van der Waals surface area (Å²) in [5.74, 6) is 0.539. The molecular weight excluding hydrogens is 204 g/mol. The first kappa shape index (κ1) is 12.7.